The number of hydrogen-bond donors (Lipinski definition) is 3. The lowest BCUT2D eigenvalue weighted by molar-refractivity contribution is -0.112. The molecule has 2 heterocycles. The number of amides is 1. The van der Waals surface area contributed by atoms with Crippen LogP contribution in [-0.2, 0) is 4.79 Å². The Bertz CT molecular complexity index is 1310. The van der Waals surface area contributed by atoms with Gasteiger partial charge < -0.3 is 20.5 Å². The van der Waals surface area contributed by atoms with E-state index in [2.05, 4.69) is 25.5 Å². The van der Waals surface area contributed by atoms with Crippen molar-refractivity contribution in [1.82, 2.24) is 14.9 Å². The number of aromatic nitrogens is 2. The van der Waals surface area contributed by atoms with Gasteiger partial charge in [0.25, 0.3) is 0 Å². The summed E-state index contributed by atoms with van der Waals surface area (Å²) in [6, 6.07) is 7.92. The highest BCUT2D eigenvalue weighted by atomic mass is 35.5. The van der Waals surface area contributed by atoms with Crippen LogP contribution in [0.1, 0.15) is 32.1 Å². The minimum Gasteiger partial charge on any atom is -0.488 e. The van der Waals surface area contributed by atoms with E-state index in [0.29, 0.717) is 40.4 Å². The zero-order valence-corrected chi connectivity index (χ0v) is 21.0. The van der Waals surface area contributed by atoms with Crippen LogP contribution in [0.4, 0.5) is 21.6 Å². The highest BCUT2D eigenvalue weighted by Crippen LogP contribution is 2.36. The summed E-state index contributed by atoms with van der Waals surface area (Å²) >= 11 is 5.93. The molecule has 5 rings (SSSR count). The molecule has 1 aliphatic heterocycles. The number of nitrogens with one attached hydrogen (secondary N) is 2. The molecule has 1 aliphatic carbocycles. The third-order valence-electron chi connectivity index (χ3n) is 6.71. The van der Waals surface area contributed by atoms with E-state index in [1.807, 2.05) is 6.08 Å². The van der Waals surface area contributed by atoms with Gasteiger partial charge in [0.1, 0.15) is 23.7 Å². The maximum Gasteiger partial charge on any atom is 0.248 e. The lowest BCUT2D eigenvalue weighted by Gasteiger charge is -2.28. The third kappa shape index (κ3) is 6.36. The summed E-state index contributed by atoms with van der Waals surface area (Å²) in [6.07, 6.45) is 9.22. The largest absolute Gasteiger partial charge is 0.488 e. The van der Waals surface area contributed by atoms with Gasteiger partial charge in [-0.25, -0.2) is 14.4 Å². The van der Waals surface area contributed by atoms with E-state index >= 15 is 0 Å². The zero-order chi connectivity index (χ0) is 25.8. The lowest BCUT2D eigenvalue weighted by atomic mass is 9.96. The van der Waals surface area contributed by atoms with Gasteiger partial charge in [0.15, 0.2) is 0 Å². The van der Waals surface area contributed by atoms with Crippen molar-refractivity contribution in [1.29, 1.82) is 0 Å². The second-order valence-corrected chi connectivity index (χ2v) is 9.84. The quantitative estimate of drug-likeness (QED) is 0.354. The molecule has 8 nitrogen and oxygen atoms in total. The van der Waals surface area contributed by atoms with Crippen LogP contribution in [0.25, 0.3) is 10.9 Å². The Labute approximate surface area is 219 Å². The number of aliphatic hydroxyl groups excluding tert-OH is 1. The van der Waals surface area contributed by atoms with Crippen molar-refractivity contribution in [2.45, 2.75) is 44.3 Å². The predicted molar refractivity (Wildman–Crippen MR) is 142 cm³/mol. The predicted octanol–water partition coefficient (Wildman–Crippen LogP) is 5.05. The first-order chi connectivity index (χ1) is 17.9. The second-order valence-electron chi connectivity index (χ2n) is 9.44. The first-order valence-corrected chi connectivity index (χ1v) is 12.9. The molecule has 0 bridgehead atoms. The molecule has 0 spiro atoms. The number of aliphatic hydroxyl groups is 1. The number of nitrogens with zero attached hydrogens (tertiary/aromatic N) is 3. The SMILES string of the molecule is O=C(C=CCN1CCC(O)CC1)Nc1cc2c(Nc3ccc(F)c(Cl)c3)ncnc2cc1OC1CCC1. The normalized spacial score (nSPS) is 17.2. The number of carbonyl (C=O) groups is 1. The number of hydrogen-bond acceptors (Lipinski definition) is 7. The number of fused-ring (bicyclic) bond motifs is 1. The molecule has 2 aromatic carbocycles. The second kappa shape index (κ2) is 11.4. The van der Waals surface area contributed by atoms with Gasteiger partial charge in [-0.3, -0.25) is 9.69 Å². The summed E-state index contributed by atoms with van der Waals surface area (Å²) in [5, 5.41) is 16.4. The van der Waals surface area contributed by atoms with Crippen molar-refractivity contribution in [2.24, 2.45) is 0 Å². The van der Waals surface area contributed by atoms with Crippen LogP contribution in [0.15, 0.2) is 48.8 Å². The fraction of sp³-hybridized carbons (Fsp3) is 0.370. The van der Waals surface area contributed by atoms with E-state index < -0.39 is 5.82 Å². The number of halogens is 2. The average Bonchev–Trinajstić information content (AvgIpc) is 2.85. The summed E-state index contributed by atoms with van der Waals surface area (Å²) in [6.45, 7) is 2.27. The number of anilines is 3. The van der Waals surface area contributed by atoms with Gasteiger partial charge in [-0.1, -0.05) is 17.7 Å². The summed E-state index contributed by atoms with van der Waals surface area (Å²) in [5.41, 5.74) is 1.73. The average molecular weight is 526 g/mol. The van der Waals surface area contributed by atoms with Crippen LogP contribution in [0.5, 0.6) is 5.75 Å². The Morgan fingerprint density at radius 2 is 2.00 bits per heavy atom. The van der Waals surface area contributed by atoms with Gasteiger partial charge in [-0.15, -0.1) is 0 Å². The first kappa shape index (κ1) is 25.4. The molecule has 0 radical (unpaired) electrons. The lowest BCUT2D eigenvalue weighted by Crippen LogP contribution is -2.35. The van der Waals surface area contributed by atoms with E-state index in [-0.39, 0.29) is 23.1 Å². The zero-order valence-electron chi connectivity index (χ0n) is 20.3. The monoisotopic (exact) mass is 525 g/mol. The van der Waals surface area contributed by atoms with Gasteiger partial charge in [0.2, 0.25) is 5.91 Å². The van der Waals surface area contributed by atoms with E-state index in [0.717, 1.165) is 45.2 Å². The van der Waals surface area contributed by atoms with Crippen molar-refractivity contribution < 1.29 is 19.0 Å². The fourth-order valence-corrected chi connectivity index (χ4v) is 4.52. The van der Waals surface area contributed by atoms with E-state index in [4.69, 9.17) is 16.3 Å². The Balaban J connectivity index is 1.37. The standard InChI is InChI=1S/C27H29ClFN5O3/c28-21-13-17(6-7-22(21)29)32-27-20-14-24(25(37-19-3-1-4-19)15-23(20)30-16-31-27)33-26(36)5-2-10-34-11-8-18(35)9-12-34/h2,5-7,13-16,18-19,35H,1,3-4,8-12H2,(H,33,36)(H,30,31,32). The van der Waals surface area contributed by atoms with Gasteiger partial charge in [-0.2, -0.15) is 0 Å². The number of ether oxygens (including phenoxy) is 1. The fourth-order valence-electron chi connectivity index (χ4n) is 4.34. The summed E-state index contributed by atoms with van der Waals surface area (Å²) < 4.78 is 19.8. The van der Waals surface area contributed by atoms with Crippen LogP contribution in [0.3, 0.4) is 0 Å². The first-order valence-electron chi connectivity index (χ1n) is 12.5. The van der Waals surface area contributed by atoms with Crippen LogP contribution in [0, 0.1) is 5.82 Å². The van der Waals surface area contributed by atoms with E-state index in [1.165, 1.54) is 24.5 Å². The molecule has 0 unspecified atom stereocenters. The molecular formula is C27H29ClFN5O3. The molecule has 1 saturated heterocycles. The van der Waals surface area contributed by atoms with Crippen LogP contribution >= 0.6 is 11.6 Å². The van der Waals surface area contributed by atoms with Crippen LogP contribution in [0.2, 0.25) is 5.02 Å². The molecule has 37 heavy (non-hydrogen) atoms. The maximum absolute atomic E-state index is 13.6. The number of likely N-dealkylation sites (tertiary alicyclic amines) is 1. The van der Waals surface area contributed by atoms with Crippen molar-refractivity contribution in [3.8, 4) is 5.75 Å². The molecule has 194 valence electrons. The Hall–Kier alpha value is -3.27. The number of piperidine rings is 1. The summed E-state index contributed by atoms with van der Waals surface area (Å²) in [5.74, 6) is 0.264. The summed E-state index contributed by atoms with van der Waals surface area (Å²) in [7, 11) is 0. The number of rotatable bonds is 8. The highest BCUT2D eigenvalue weighted by molar-refractivity contribution is 6.31. The van der Waals surface area contributed by atoms with Gasteiger partial charge in [-0.05, 0) is 56.4 Å². The highest BCUT2D eigenvalue weighted by Gasteiger charge is 2.22. The van der Waals surface area contributed by atoms with Crippen molar-refractivity contribution in [3.63, 3.8) is 0 Å². The van der Waals surface area contributed by atoms with Crippen molar-refractivity contribution in [3.05, 3.63) is 59.7 Å². The van der Waals surface area contributed by atoms with Gasteiger partial charge >= 0.3 is 0 Å². The molecule has 2 aliphatic rings. The molecule has 10 heteroatoms. The third-order valence-corrected chi connectivity index (χ3v) is 7.00. The molecule has 3 aromatic rings. The Kier molecular flexibility index (Phi) is 7.83. The number of benzene rings is 2. The Morgan fingerprint density at radius 3 is 2.73 bits per heavy atom. The molecule has 3 N–H and O–H groups in total. The molecule has 0 atom stereocenters. The minimum atomic E-state index is -0.506. The molecule has 2 fully saturated rings. The van der Waals surface area contributed by atoms with Crippen LogP contribution < -0.4 is 15.4 Å². The molecule has 1 aromatic heterocycles. The van der Waals surface area contributed by atoms with Crippen molar-refractivity contribution in [2.75, 3.05) is 30.3 Å². The number of carbonyl (C=O) groups excluding carboxylic acids is 1. The topological polar surface area (TPSA) is 99.6 Å². The van der Waals surface area contributed by atoms with E-state index in [1.54, 1.807) is 18.2 Å². The summed E-state index contributed by atoms with van der Waals surface area (Å²) in [4.78, 5) is 23.7. The molecular weight excluding hydrogens is 497 g/mol. The maximum atomic E-state index is 13.6. The van der Waals surface area contributed by atoms with Crippen molar-refractivity contribution >= 4 is 45.6 Å². The van der Waals surface area contributed by atoms with Gasteiger partial charge in [0.05, 0.1) is 28.4 Å². The minimum absolute atomic E-state index is 0.0000163. The molecule has 1 amide bonds. The Morgan fingerprint density at radius 1 is 1.19 bits per heavy atom. The molecule has 1 saturated carbocycles. The van der Waals surface area contributed by atoms with E-state index in [9.17, 15) is 14.3 Å². The van der Waals surface area contributed by atoms with Gasteiger partial charge in [0, 0.05) is 42.9 Å². The smallest absolute Gasteiger partial charge is 0.248 e. The van der Waals surface area contributed by atoms with Crippen LogP contribution in [-0.4, -0.2) is 57.7 Å².